The Kier molecular flexibility index (Phi) is 5.31. The molecule has 4 aliphatic rings. The standard InChI is InChI=1S/C22H33N5O3/c1-16(25-8-2-3-9-25)20(29)26-10-6-22(7-11-26)5-4-17-18(22)23-21(24-19(17)28)27-12-14-30-15-13-27/h16H,2-15H2,1H3,(H,23,24,28). The van der Waals surface area contributed by atoms with Crippen LogP contribution in [-0.2, 0) is 21.4 Å². The van der Waals surface area contributed by atoms with Gasteiger partial charge in [0.1, 0.15) is 0 Å². The van der Waals surface area contributed by atoms with Gasteiger partial charge in [0.2, 0.25) is 11.9 Å². The Labute approximate surface area is 177 Å². The number of H-pyrrole nitrogens is 1. The van der Waals surface area contributed by atoms with Crippen LogP contribution in [0.1, 0.15) is 50.3 Å². The molecule has 1 aromatic rings. The lowest BCUT2D eigenvalue weighted by Crippen LogP contribution is -2.51. The average Bonchev–Trinajstić information content (AvgIpc) is 3.44. The molecule has 3 fully saturated rings. The maximum Gasteiger partial charge on any atom is 0.255 e. The van der Waals surface area contributed by atoms with Crippen molar-refractivity contribution in [3.05, 3.63) is 21.6 Å². The minimum atomic E-state index is -0.0572. The quantitative estimate of drug-likeness (QED) is 0.790. The number of amides is 1. The maximum absolute atomic E-state index is 13.0. The number of piperidine rings is 1. The number of carbonyl (C=O) groups is 1. The van der Waals surface area contributed by atoms with Gasteiger partial charge in [-0.15, -0.1) is 0 Å². The van der Waals surface area contributed by atoms with Crippen molar-refractivity contribution >= 4 is 11.9 Å². The molecule has 1 amide bonds. The van der Waals surface area contributed by atoms with Crippen molar-refractivity contribution in [2.45, 2.75) is 56.9 Å². The minimum absolute atomic E-state index is 0.0135. The number of ether oxygens (including phenoxy) is 1. The number of aromatic amines is 1. The summed E-state index contributed by atoms with van der Waals surface area (Å²) in [6.07, 6.45) is 5.95. The van der Waals surface area contributed by atoms with Gasteiger partial charge in [0.25, 0.3) is 5.56 Å². The second-order valence-corrected chi connectivity index (χ2v) is 9.34. The van der Waals surface area contributed by atoms with Crippen LogP contribution in [0.2, 0.25) is 0 Å². The summed E-state index contributed by atoms with van der Waals surface area (Å²) in [6.45, 7) is 8.49. The largest absolute Gasteiger partial charge is 0.378 e. The van der Waals surface area contributed by atoms with Crippen molar-refractivity contribution in [3.63, 3.8) is 0 Å². The van der Waals surface area contributed by atoms with E-state index in [2.05, 4.69) is 21.7 Å². The summed E-state index contributed by atoms with van der Waals surface area (Å²) >= 11 is 0. The number of likely N-dealkylation sites (tertiary alicyclic amines) is 2. The number of rotatable bonds is 3. The lowest BCUT2D eigenvalue weighted by Gasteiger charge is -2.41. The predicted molar refractivity (Wildman–Crippen MR) is 114 cm³/mol. The summed E-state index contributed by atoms with van der Waals surface area (Å²) in [5.74, 6) is 0.947. The molecule has 0 saturated carbocycles. The van der Waals surface area contributed by atoms with Gasteiger partial charge < -0.3 is 14.5 Å². The fourth-order valence-corrected chi connectivity index (χ4v) is 5.76. The number of nitrogens with one attached hydrogen (secondary N) is 1. The Hall–Kier alpha value is -1.93. The van der Waals surface area contributed by atoms with Gasteiger partial charge in [-0.2, -0.15) is 0 Å². The van der Waals surface area contributed by atoms with Crippen molar-refractivity contribution in [1.29, 1.82) is 0 Å². The van der Waals surface area contributed by atoms with Gasteiger partial charge in [-0.1, -0.05) is 0 Å². The summed E-state index contributed by atoms with van der Waals surface area (Å²) in [7, 11) is 0. The SMILES string of the molecule is CC(C(=O)N1CCC2(CCc3c2nc(N2CCOCC2)[nH]c3=O)CC1)N1CCCC1. The van der Waals surface area contributed by atoms with E-state index < -0.39 is 0 Å². The smallest absolute Gasteiger partial charge is 0.255 e. The van der Waals surface area contributed by atoms with E-state index in [4.69, 9.17) is 9.72 Å². The molecular weight excluding hydrogens is 382 g/mol. The van der Waals surface area contributed by atoms with Crippen LogP contribution < -0.4 is 10.5 Å². The zero-order valence-electron chi connectivity index (χ0n) is 18.0. The molecule has 1 unspecified atom stereocenters. The molecule has 8 nitrogen and oxygen atoms in total. The van der Waals surface area contributed by atoms with Gasteiger partial charge in [-0.25, -0.2) is 4.98 Å². The number of hydrogen-bond acceptors (Lipinski definition) is 6. The topological polar surface area (TPSA) is 81.8 Å². The third-order valence-corrected chi connectivity index (χ3v) is 7.75. The first-order valence-electron chi connectivity index (χ1n) is 11.6. The van der Waals surface area contributed by atoms with E-state index in [9.17, 15) is 9.59 Å². The molecule has 4 heterocycles. The molecule has 1 aromatic heterocycles. The molecule has 30 heavy (non-hydrogen) atoms. The number of hydrogen-bond donors (Lipinski definition) is 1. The van der Waals surface area contributed by atoms with Crippen LogP contribution in [0.3, 0.4) is 0 Å². The lowest BCUT2D eigenvalue weighted by molar-refractivity contribution is -0.137. The third-order valence-electron chi connectivity index (χ3n) is 7.75. The zero-order valence-corrected chi connectivity index (χ0v) is 18.0. The van der Waals surface area contributed by atoms with Crippen molar-refractivity contribution in [2.24, 2.45) is 0 Å². The molecule has 1 atom stereocenters. The molecule has 0 bridgehead atoms. The van der Waals surface area contributed by atoms with Gasteiger partial charge >= 0.3 is 0 Å². The highest BCUT2D eigenvalue weighted by atomic mass is 16.5. The normalized spacial score (nSPS) is 25.0. The highest BCUT2D eigenvalue weighted by molar-refractivity contribution is 5.81. The van der Waals surface area contributed by atoms with Crippen LogP contribution in [0.5, 0.6) is 0 Å². The molecule has 164 valence electrons. The molecular formula is C22H33N5O3. The third kappa shape index (κ3) is 3.43. The fraction of sp³-hybridized carbons (Fsp3) is 0.773. The Morgan fingerprint density at radius 2 is 1.77 bits per heavy atom. The van der Waals surface area contributed by atoms with E-state index in [1.165, 1.54) is 12.8 Å². The van der Waals surface area contributed by atoms with Gasteiger partial charge in [0, 0.05) is 37.2 Å². The number of morpholine rings is 1. The summed E-state index contributed by atoms with van der Waals surface area (Å²) < 4.78 is 5.44. The van der Waals surface area contributed by atoms with E-state index in [0.717, 1.165) is 76.2 Å². The van der Waals surface area contributed by atoms with Gasteiger partial charge in [-0.05, 0) is 58.5 Å². The average molecular weight is 416 g/mol. The fourth-order valence-electron chi connectivity index (χ4n) is 5.76. The van der Waals surface area contributed by atoms with Crippen molar-refractivity contribution in [1.82, 2.24) is 19.8 Å². The Morgan fingerprint density at radius 1 is 1.07 bits per heavy atom. The molecule has 1 N–H and O–H groups in total. The molecule has 0 radical (unpaired) electrons. The van der Waals surface area contributed by atoms with Crippen LogP contribution in [0.15, 0.2) is 4.79 Å². The molecule has 5 rings (SSSR count). The van der Waals surface area contributed by atoms with Crippen molar-refractivity contribution < 1.29 is 9.53 Å². The van der Waals surface area contributed by atoms with Crippen molar-refractivity contribution in [2.75, 3.05) is 57.4 Å². The Bertz CT molecular complexity index is 849. The molecule has 8 heteroatoms. The summed E-state index contributed by atoms with van der Waals surface area (Å²) in [5.41, 5.74) is 1.81. The maximum atomic E-state index is 13.0. The highest BCUT2D eigenvalue weighted by Crippen LogP contribution is 2.44. The zero-order chi connectivity index (χ0) is 20.7. The molecule has 3 aliphatic heterocycles. The summed E-state index contributed by atoms with van der Waals surface area (Å²) in [4.78, 5) is 40.3. The van der Waals surface area contributed by atoms with Crippen molar-refractivity contribution in [3.8, 4) is 0 Å². The number of nitrogens with zero attached hydrogens (tertiary/aromatic N) is 4. The predicted octanol–water partition coefficient (Wildman–Crippen LogP) is 0.897. The van der Waals surface area contributed by atoms with Crippen LogP contribution >= 0.6 is 0 Å². The minimum Gasteiger partial charge on any atom is -0.378 e. The Morgan fingerprint density at radius 3 is 2.47 bits per heavy atom. The highest BCUT2D eigenvalue weighted by Gasteiger charge is 2.45. The second-order valence-electron chi connectivity index (χ2n) is 9.34. The van der Waals surface area contributed by atoms with Crippen LogP contribution in [-0.4, -0.2) is 84.2 Å². The first-order valence-corrected chi connectivity index (χ1v) is 11.6. The van der Waals surface area contributed by atoms with Crippen LogP contribution in [0.25, 0.3) is 0 Å². The number of fused-ring (bicyclic) bond motifs is 2. The van der Waals surface area contributed by atoms with E-state index >= 15 is 0 Å². The molecule has 1 aliphatic carbocycles. The number of carbonyl (C=O) groups excluding carboxylic acids is 1. The molecule has 1 spiro atoms. The number of anilines is 1. The van der Waals surface area contributed by atoms with E-state index in [0.29, 0.717) is 19.2 Å². The first-order chi connectivity index (χ1) is 14.6. The molecule has 3 saturated heterocycles. The van der Waals surface area contributed by atoms with Gasteiger partial charge in [-0.3, -0.25) is 19.5 Å². The Balaban J connectivity index is 1.32. The monoisotopic (exact) mass is 415 g/mol. The van der Waals surface area contributed by atoms with Crippen LogP contribution in [0, 0.1) is 0 Å². The first kappa shape index (κ1) is 20.0. The molecule has 0 aromatic carbocycles. The number of aromatic nitrogens is 2. The van der Waals surface area contributed by atoms with E-state index in [-0.39, 0.29) is 22.9 Å². The van der Waals surface area contributed by atoms with E-state index in [1.54, 1.807) is 0 Å². The van der Waals surface area contributed by atoms with Gasteiger partial charge in [0.15, 0.2) is 0 Å². The summed E-state index contributed by atoms with van der Waals surface area (Å²) in [5, 5.41) is 0. The van der Waals surface area contributed by atoms with Crippen LogP contribution in [0.4, 0.5) is 5.95 Å². The lowest BCUT2D eigenvalue weighted by atomic mass is 9.76. The van der Waals surface area contributed by atoms with E-state index in [1.807, 2.05) is 4.90 Å². The second kappa shape index (κ2) is 7.96. The van der Waals surface area contributed by atoms with Gasteiger partial charge in [0.05, 0.1) is 24.9 Å². The summed E-state index contributed by atoms with van der Waals surface area (Å²) in [6, 6.07) is -0.0219.